The van der Waals surface area contributed by atoms with Gasteiger partial charge in [-0.1, -0.05) is 50.2 Å². The minimum atomic E-state index is -0.418. The molecule has 0 aromatic heterocycles. The van der Waals surface area contributed by atoms with E-state index in [9.17, 15) is 9.59 Å². The van der Waals surface area contributed by atoms with E-state index in [1.165, 1.54) is 0 Å². The molecule has 4 rings (SSSR count). The smallest absolute Gasteiger partial charge is 0.252 e. The van der Waals surface area contributed by atoms with E-state index in [-0.39, 0.29) is 17.1 Å². The zero-order valence-corrected chi connectivity index (χ0v) is 15.0. The molecule has 1 amide bonds. The van der Waals surface area contributed by atoms with Crippen molar-refractivity contribution < 1.29 is 9.59 Å². The number of amides is 1. The molecule has 2 aliphatic rings. The van der Waals surface area contributed by atoms with Crippen molar-refractivity contribution in [1.82, 2.24) is 5.32 Å². The SMILES string of the molecule is CC1(C)CC(=O)C2=C(C1)Nc1ccccc1C2NC(=O)c1ccccc1. The Morgan fingerprint density at radius 1 is 1.04 bits per heavy atom. The monoisotopic (exact) mass is 346 g/mol. The lowest BCUT2D eigenvalue weighted by Crippen LogP contribution is -2.40. The molecular weight excluding hydrogens is 324 g/mol. The third kappa shape index (κ3) is 2.92. The molecular formula is C22H22N2O2. The average Bonchev–Trinajstić information content (AvgIpc) is 2.60. The second-order valence-corrected chi connectivity index (χ2v) is 7.82. The van der Waals surface area contributed by atoms with Crippen LogP contribution in [0.25, 0.3) is 0 Å². The lowest BCUT2D eigenvalue weighted by Gasteiger charge is -2.39. The van der Waals surface area contributed by atoms with E-state index in [0.717, 1.165) is 23.4 Å². The number of hydrogen-bond donors (Lipinski definition) is 2. The fourth-order valence-corrected chi connectivity index (χ4v) is 3.92. The maximum atomic E-state index is 12.9. The number of rotatable bonds is 2. The third-order valence-electron chi connectivity index (χ3n) is 5.08. The van der Waals surface area contributed by atoms with Crippen molar-refractivity contribution in [1.29, 1.82) is 0 Å². The number of ketones is 1. The Morgan fingerprint density at radius 2 is 1.73 bits per heavy atom. The van der Waals surface area contributed by atoms with Crippen LogP contribution in [0.4, 0.5) is 5.69 Å². The summed E-state index contributed by atoms with van der Waals surface area (Å²) in [6, 6.07) is 16.6. The van der Waals surface area contributed by atoms with Gasteiger partial charge in [0.1, 0.15) is 0 Å². The van der Waals surface area contributed by atoms with Gasteiger partial charge in [0.05, 0.1) is 6.04 Å². The van der Waals surface area contributed by atoms with E-state index in [1.807, 2.05) is 42.5 Å². The molecule has 2 aromatic rings. The maximum absolute atomic E-state index is 12.9. The van der Waals surface area contributed by atoms with Crippen LogP contribution in [0.1, 0.15) is 48.7 Å². The fourth-order valence-electron chi connectivity index (χ4n) is 3.92. The summed E-state index contributed by atoms with van der Waals surface area (Å²) in [5.41, 5.74) is 4.03. The highest BCUT2D eigenvalue weighted by Gasteiger charge is 2.40. The molecule has 2 N–H and O–H groups in total. The van der Waals surface area contributed by atoms with Gasteiger partial charge in [0.25, 0.3) is 5.91 Å². The molecule has 1 unspecified atom stereocenters. The molecule has 0 saturated carbocycles. The van der Waals surface area contributed by atoms with Crippen LogP contribution in [0, 0.1) is 5.41 Å². The van der Waals surface area contributed by atoms with E-state index in [4.69, 9.17) is 0 Å². The zero-order valence-electron chi connectivity index (χ0n) is 15.0. The topological polar surface area (TPSA) is 58.2 Å². The molecule has 1 aliphatic heterocycles. The molecule has 0 fully saturated rings. The Hall–Kier alpha value is -2.88. The molecule has 0 spiro atoms. The number of carbonyl (C=O) groups is 2. The molecule has 1 atom stereocenters. The van der Waals surface area contributed by atoms with Crippen molar-refractivity contribution in [2.45, 2.75) is 32.7 Å². The number of fused-ring (bicyclic) bond motifs is 1. The van der Waals surface area contributed by atoms with E-state index in [0.29, 0.717) is 17.6 Å². The molecule has 0 radical (unpaired) electrons. The predicted molar refractivity (Wildman–Crippen MR) is 102 cm³/mol. The number of allylic oxidation sites excluding steroid dienone is 1. The van der Waals surface area contributed by atoms with Crippen LogP contribution < -0.4 is 10.6 Å². The number of hydrogen-bond acceptors (Lipinski definition) is 3. The molecule has 26 heavy (non-hydrogen) atoms. The number of Topliss-reactive ketones (excluding diaryl/α,β-unsaturated/α-hetero) is 1. The van der Waals surface area contributed by atoms with Crippen LogP contribution in [0.5, 0.6) is 0 Å². The van der Waals surface area contributed by atoms with E-state index in [2.05, 4.69) is 24.5 Å². The van der Waals surface area contributed by atoms with Crippen molar-refractivity contribution in [3.05, 3.63) is 77.0 Å². The third-order valence-corrected chi connectivity index (χ3v) is 5.08. The highest BCUT2D eigenvalue weighted by molar-refractivity contribution is 6.02. The van der Waals surface area contributed by atoms with Crippen molar-refractivity contribution in [2.24, 2.45) is 5.41 Å². The summed E-state index contributed by atoms with van der Waals surface area (Å²) in [6.45, 7) is 4.21. The Bertz CT molecular complexity index is 913. The van der Waals surface area contributed by atoms with Gasteiger partial charge in [-0.15, -0.1) is 0 Å². The quantitative estimate of drug-likeness (QED) is 0.856. The van der Waals surface area contributed by atoms with Gasteiger partial charge in [0.15, 0.2) is 5.78 Å². The first kappa shape index (κ1) is 16.6. The largest absolute Gasteiger partial charge is 0.358 e. The molecule has 1 aliphatic carbocycles. The van der Waals surface area contributed by atoms with Gasteiger partial charge in [-0.25, -0.2) is 0 Å². The van der Waals surface area contributed by atoms with Crippen LogP contribution in [-0.4, -0.2) is 11.7 Å². The summed E-state index contributed by atoms with van der Waals surface area (Å²) in [5.74, 6) is -0.0617. The molecule has 4 nitrogen and oxygen atoms in total. The second-order valence-electron chi connectivity index (χ2n) is 7.82. The van der Waals surface area contributed by atoms with Crippen LogP contribution in [0.2, 0.25) is 0 Å². The lowest BCUT2D eigenvalue weighted by atomic mass is 9.72. The normalized spacial score (nSPS) is 20.7. The number of para-hydroxylation sites is 1. The Morgan fingerprint density at radius 3 is 2.50 bits per heavy atom. The average molecular weight is 346 g/mol. The molecule has 4 heteroatoms. The summed E-state index contributed by atoms with van der Waals surface area (Å²) in [6.07, 6.45) is 1.29. The highest BCUT2D eigenvalue weighted by atomic mass is 16.2. The minimum absolute atomic E-state index is 0.0802. The van der Waals surface area contributed by atoms with Gasteiger partial charge in [0, 0.05) is 34.5 Å². The second kappa shape index (κ2) is 6.13. The Balaban J connectivity index is 1.76. The Labute approximate surface area is 153 Å². The first-order valence-electron chi connectivity index (χ1n) is 8.93. The first-order valence-corrected chi connectivity index (χ1v) is 8.93. The molecule has 132 valence electrons. The maximum Gasteiger partial charge on any atom is 0.252 e. The van der Waals surface area contributed by atoms with Gasteiger partial charge >= 0.3 is 0 Å². The Kier molecular flexibility index (Phi) is 3.91. The predicted octanol–water partition coefficient (Wildman–Crippen LogP) is 4.23. The number of nitrogens with one attached hydrogen (secondary N) is 2. The van der Waals surface area contributed by atoms with Gasteiger partial charge in [-0.2, -0.15) is 0 Å². The van der Waals surface area contributed by atoms with Crippen molar-refractivity contribution in [3.63, 3.8) is 0 Å². The number of carbonyl (C=O) groups excluding carboxylic acids is 2. The van der Waals surface area contributed by atoms with Crippen molar-refractivity contribution in [3.8, 4) is 0 Å². The van der Waals surface area contributed by atoms with Crippen LogP contribution in [0.3, 0.4) is 0 Å². The van der Waals surface area contributed by atoms with Crippen LogP contribution >= 0.6 is 0 Å². The summed E-state index contributed by atoms with van der Waals surface area (Å²) >= 11 is 0. The summed E-state index contributed by atoms with van der Waals surface area (Å²) in [5, 5.41) is 6.53. The zero-order chi connectivity index (χ0) is 18.3. The van der Waals surface area contributed by atoms with Crippen LogP contribution in [-0.2, 0) is 4.79 Å². The van der Waals surface area contributed by atoms with Crippen molar-refractivity contribution >= 4 is 17.4 Å². The standard InChI is InChI=1S/C22H22N2O2/c1-22(2)12-17-19(18(25)13-22)20(15-10-6-7-11-16(15)23-17)24-21(26)14-8-4-3-5-9-14/h3-11,20,23H,12-13H2,1-2H3,(H,24,26). The van der Waals surface area contributed by atoms with E-state index >= 15 is 0 Å². The van der Waals surface area contributed by atoms with Crippen molar-refractivity contribution in [2.75, 3.05) is 5.32 Å². The number of benzene rings is 2. The first-order chi connectivity index (χ1) is 12.4. The summed E-state index contributed by atoms with van der Waals surface area (Å²) in [7, 11) is 0. The highest BCUT2D eigenvalue weighted by Crippen LogP contribution is 2.45. The van der Waals surface area contributed by atoms with Gasteiger partial charge in [-0.3, -0.25) is 9.59 Å². The fraction of sp³-hybridized carbons (Fsp3) is 0.273. The van der Waals surface area contributed by atoms with Gasteiger partial charge in [0.2, 0.25) is 0 Å². The number of anilines is 1. The van der Waals surface area contributed by atoms with E-state index < -0.39 is 6.04 Å². The molecule has 1 heterocycles. The van der Waals surface area contributed by atoms with E-state index in [1.54, 1.807) is 12.1 Å². The van der Waals surface area contributed by atoms with Crippen LogP contribution in [0.15, 0.2) is 65.9 Å². The lowest BCUT2D eigenvalue weighted by molar-refractivity contribution is -0.118. The summed E-state index contributed by atoms with van der Waals surface area (Å²) in [4.78, 5) is 25.7. The molecule has 2 aromatic carbocycles. The minimum Gasteiger partial charge on any atom is -0.358 e. The summed E-state index contributed by atoms with van der Waals surface area (Å²) < 4.78 is 0. The molecule has 0 saturated heterocycles. The van der Waals surface area contributed by atoms with Gasteiger partial charge < -0.3 is 10.6 Å². The molecule has 0 bridgehead atoms. The van der Waals surface area contributed by atoms with Gasteiger partial charge in [-0.05, 0) is 30.0 Å².